The van der Waals surface area contributed by atoms with E-state index in [0.29, 0.717) is 0 Å². The van der Waals surface area contributed by atoms with Crippen molar-refractivity contribution in [1.29, 1.82) is 0 Å². The van der Waals surface area contributed by atoms with Crippen molar-refractivity contribution >= 4 is 17.4 Å². The van der Waals surface area contributed by atoms with Gasteiger partial charge in [-0.2, -0.15) is 11.3 Å². The second-order valence-electron chi connectivity index (χ2n) is 3.44. The summed E-state index contributed by atoms with van der Waals surface area (Å²) in [6, 6.07) is 4.04. The Balaban J connectivity index is 0.000000280. The van der Waals surface area contributed by atoms with Gasteiger partial charge in [0.15, 0.2) is 0 Å². The van der Waals surface area contributed by atoms with E-state index >= 15 is 0 Å². The Morgan fingerprint density at radius 3 is 2.00 bits per heavy atom. The lowest BCUT2D eigenvalue weighted by molar-refractivity contribution is 0.0527. The first kappa shape index (κ1) is 12.9. The Morgan fingerprint density at radius 2 is 1.86 bits per heavy atom. The fourth-order valence-electron chi connectivity index (χ4n) is 0.534. The highest BCUT2D eigenvalue weighted by Crippen LogP contribution is 2.05. The molecule has 0 atom stereocenters. The molecule has 0 unspecified atom stereocenters. The number of hydrazine groups is 1. The number of amides is 1. The van der Waals surface area contributed by atoms with Crippen LogP contribution in [0.15, 0.2) is 22.9 Å². The van der Waals surface area contributed by atoms with Gasteiger partial charge < -0.3 is 4.74 Å². The molecule has 1 aromatic heterocycles. The van der Waals surface area contributed by atoms with E-state index in [0.717, 1.165) is 0 Å². The van der Waals surface area contributed by atoms with E-state index in [1.54, 1.807) is 32.1 Å². The van der Waals surface area contributed by atoms with Crippen molar-refractivity contribution < 1.29 is 9.53 Å². The Labute approximate surface area is 88.0 Å². The van der Waals surface area contributed by atoms with Gasteiger partial charge in [-0.15, -0.1) is 0 Å². The van der Waals surface area contributed by atoms with Gasteiger partial charge in [0.2, 0.25) is 0 Å². The molecular formula is C9H16N2O2S. The van der Waals surface area contributed by atoms with Gasteiger partial charge >= 0.3 is 6.09 Å². The molecule has 5 heteroatoms. The Kier molecular flexibility index (Phi) is 5.91. The number of ether oxygens (including phenoxy) is 1. The fraction of sp³-hybridized carbons (Fsp3) is 0.444. The van der Waals surface area contributed by atoms with E-state index in [1.807, 2.05) is 28.3 Å². The molecule has 1 amide bonds. The highest BCUT2D eigenvalue weighted by atomic mass is 32.1. The van der Waals surface area contributed by atoms with Crippen LogP contribution in [0.3, 0.4) is 0 Å². The molecule has 14 heavy (non-hydrogen) atoms. The van der Waals surface area contributed by atoms with E-state index < -0.39 is 11.7 Å². The smallest absolute Gasteiger partial charge is 0.421 e. The minimum absolute atomic E-state index is 0.469. The third-order valence-corrected chi connectivity index (χ3v) is 1.57. The zero-order valence-corrected chi connectivity index (χ0v) is 9.43. The number of nitrogens with two attached hydrogens (primary N) is 1. The quantitative estimate of drug-likeness (QED) is 0.396. The average molecular weight is 216 g/mol. The minimum atomic E-state index is -0.609. The number of hydrogen-bond acceptors (Lipinski definition) is 4. The van der Waals surface area contributed by atoms with Crippen molar-refractivity contribution in [2.45, 2.75) is 26.4 Å². The molecule has 0 aliphatic carbocycles. The summed E-state index contributed by atoms with van der Waals surface area (Å²) in [6.45, 7) is 5.30. The Morgan fingerprint density at radius 1 is 1.36 bits per heavy atom. The maximum absolute atomic E-state index is 10.4. The van der Waals surface area contributed by atoms with Crippen LogP contribution in [0.25, 0.3) is 0 Å². The second-order valence-corrected chi connectivity index (χ2v) is 4.26. The SMILES string of the molecule is CC(C)(C)OC(=O)NN.c1ccsc1. The van der Waals surface area contributed by atoms with Gasteiger partial charge in [-0.25, -0.2) is 10.6 Å². The predicted octanol–water partition coefficient (Wildman–Crippen LogP) is 2.13. The van der Waals surface area contributed by atoms with Crippen LogP contribution < -0.4 is 11.3 Å². The second kappa shape index (κ2) is 6.39. The van der Waals surface area contributed by atoms with Crippen molar-refractivity contribution in [1.82, 2.24) is 5.43 Å². The van der Waals surface area contributed by atoms with E-state index in [-0.39, 0.29) is 0 Å². The van der Waals surface area contributed by atoms with Gasteiger partial charge in [0.25, 0.3) is 0 Å². The molecule has 80 valence electrons. The molecular weight excluding hydrogens is 200 g/mol. The number of carbonyl (C=O) groups is 1. The van der Waals surface area contributed by atoms with Gasteiger partial charge in [0, 0.05) is 0 Å². The number of rotatable bonds is 0. The summed E-state index contributed by atoms with van der Waals surface area (Å²) in [6.07, 6.45) is -0.609. The van der Waals surface area contributed by atoms with Crippen LogP contribution in [-0.4, -0.2) is 11.7 Å². The lowest BCUT2D eigenvalue weighted by Gasteiger charge is -2.18. The summed E-state index contributed by atoms with van der Waals surface area (Å²) < 4.78 is 4.71. The normalized spacial score (nSPS) is 9.71. The number of carbonyl (C=O) groups excluding carboxylic acids is 1. The van der Waals surface area contributed by atoms with Crippen molar-refractivity contribution in [3.63, 3.8) is 0 Å². The summed E-state index contributed by atoms with van der Waals surface area (Å²) in [5, 5.41) is 4.08. The third kappa shape index (κ3) is 9.02. The van der Waals surface area contributed by atoms with Gasteiger partial charge in [-0.05, 0) is 31.5 Å². The molecule has 0 saturated heterocycles. The fourth-order valence-corrected chi connectivity index (χ4v) is 0.988. The maximum atomic E-state index is 10.4. The van der Waals surface area contributed by atoms with Gasteiger partial charge in [0.1, 0.15) is 5.60 Å². The van der Waals surface area contributed by atoms with Crippen LogP contribution in [0, 0.1) is 0 Å². The van der Waals surface area contributed by atoms with Crippen molar-refractivity contribution in [3.05, 3.63) is 22.9 Å². The molecule has 0 fully saturated rings. The lowest BCUT2D eigenvalue weighted by Crippen LogP contribution is -2.36. The standard InChI is InChI=1S/C5H12N2O2.C4H4S/c1-5(2,3)9-4(8)7-6;1-2-4-5-3-1/h6H2,1-3H3,(H,7,8);1-4H. The molecule has 0 aromatic carbocycles. The van der Waals surface area contributed by atoms with Crippen molar-refractivity contribution in [2.75, 3.05) is 0 Å². The summed E-state index contributed by atoms with van der Waals surface area (Å²) in [4.78, 5) is 10.4. The van der Waals surface area contributed by atoms with E-state index in [4.69, 9.17) is 10.6 Å². The van der Waals surface area contributed by atoms with E-state index in [1.165, 1.54) is 0 Å². The van der Waals surface area contributed by atoms with Gasteiger partial charge in [-0.3, -0.25) is 5.43 Å². The molecule has 0 radical (unpaired) electrons. The molecule has 0 bridgehead atoms. The minimum Gasteiger partial charge on any atom is -0.443 e. The number of nitrogens with one attached hydrogen (secondary N) is 1. The van der Waals surface area contributed by atoms with Crippen molar-refractivity contribution in [2.24, 2.45) is 5.84 Å². The first-order valence-corrected chi connectivity index (χ1v) is 5.07. The Bertz CT molecular complexity index is 225. The van der Waals surface area contributed by atoms with E-state index in [2.05, 4.69) is 0 Å². The van der Waals surface area contributed by atoms with Crippen LogP contribution in [0.2, 0.25) is 0 Å². The van der Waals surface area contributed by atoms with Gasteiger partial charge in [-0.1, -0.05) is 12.1 Å². The molecule has 0 aliphatic rings. The molecule has 1 heterocycles. The third-order valence-electron chi connectivity index (χ3n) is 0.942. The summed E-state index contributed by atoms with van der Waals surface area (Å²) in [5.74, 6) is 4.75. The highest BCUT2D eigenvalue weighted by molar-refractivity contribution is 7.07. The highest BCUT2D eigenvalue weighted by Gasteiger charge is 2.14. The summed E-state index contributed by atoms with van der Waals surface area (Å²) in [7, 11) is 0. The zero-order valence-electron chi connectivity index (χ0n) is 8.61. The first-order valence-electron chi connectivity index (χ1n) is 4.12. The van der Waals surface area contributed by atoms with Crippen LogP contribution >= 0.6 is 11.3 Å². The topological polar surface area (TPSA) is 64.3 Å². The van der Waals surface area contributed by atoms with Gasteiger partial charge in [0.05, 0.1) is 0 Å². The largest absolute Gasteiger partial charge is 0.443 e. The Hall–Kier alpha value is -1.07. The van der Waals surface area contributed by atoms with Crippen LogP contribution in [-0.2, 0) is 4.74 Å². The zero-order chi connectivity index (χ0) is 11.0. The maximum Gasteiger partial charge on any atom is 0.421 e. The first-order chi connectivity index (χ1) is 6.45. The molecule has 4 nitrogen and oxygen atoms in total. The summed E-state index contributed by atoms with van der Waals surface area (Å²) in [5.41, 5.74) is 1.39. The van der Waals surface area contributed by atoms with Crippen molar-refractivity contribution in [3.8, 4) is 0 Å². The number of hydrogen-bond donors (Lipinski definition) is 2. The lowest BCUT2D eigenvalue weighted by atomic mass is 10.2. The molecule has 0 saturated carbocycles. The average Bonchev–Trinajstić information content (AvgIpc) is 2.57. The van der Waals surface area contributed by atoms with Crippen LogP contribution in [0.4, 0.5) is 4.79 Å². The molecule has 3 N–H and O–H groups in total. The predicted molar refractivity (Wildman–Crippen MR) is 57.9 cm³/mol. The molecule has 0 aliphatic heterocycles. The van der Waals surface area contributed by atoms with E-state index in [9.17, 15) is 4.79 Å². The molecule has 1 rings (SSSR count). The van der Waals surface area contributed by atoms with Crippen LogP contribution in [0.1, 0.15) is 20.8 Å². The number of thiophene rings is 1. The van der Waals surface area contributed by atoms with Crippen LogP contribution in [0.5, 0.6) is 0 Å². The molecule has 1 aromatic rings. The molecule has 0 spiro atoms. The monoisotopic (exact) mass is 216 g/mol. The summed E-state index contributed by atoms with van der Waals surface area (Å²) >= 11 is 1.71.